The van der Waals surface area contributed by atoms with Gasteiger partial charge in [0.15, 0.2) is 0 Å². The van der Waals surface area contributed by atoms with E-state index in [1.54, 1.807) is 6.07 Å². The monoisotopic (exact) mass is 252 g/mol. The predicted octanol–water partition coefficient (Wildman–Crippen LogP) is 2.18. The van der Waals surface area contributed by atoms with Crippen molar-refractivity contribution in [2.45, 2.75) is 6.04 Å². The van der Waals surface area contributed by atoms with Crippen molar-refractivity contribution >= 4 is 11.6 Å². The SMILES string of the molecule is C=C[C@@H](c1cccc(Cl)c1O)N1CCNCC1. The average molecular weight is 253 g/mol. The van der Waals surface area contributed by atoms with E-state index in [0.29, 0.717) is 5.02 Å². The molecule has 0 amide bonds. The van der Waals surface area contributed by atoms with Crippen LogP contribution in [0.15, 0.2) is 30.9 Å². The van der Waals surface area contributed by atoms with Gasteiger partial charge in [-0.1, -0.05) is 29.8 Å². The minimum Gasteiger partial charge on any atom is -0.506 e. The van der Waals surface area contributed by atoms with Crippen LogP contribution in [0.1, 0.15) is 11.6 Å². The molecule has 0 saturated carbocycles. The second kappa shape index (κ2) is 5.54. The van der Waals surface area contributed by atoms with Crippen molar-refractivity contribution in [2.75, 3.05) is 26.2 Å². The van der Waals surface area contributed by atoms with Crippen molar-refractivity contribution < 1.29 is 5.11 Å². The van der Waals surface area contributed by atoms with Gasteiger partial charge in [0.1, 0.15) is 5.75 Å². The van der Waals surface area contributed by atoms with E-state index in [1.165, 1.54) is 0 Å². The maximum Gasteiger partial charge on any atom is 0.139 e. The molecule has 1 fully saturated rings. The van der Waals surface area contributed by atoms with Crippen molar-refractivity contribution in [2.24, 2.45) is 0 Å². The molecule has 2 N–H and O–H groups in total. The zero-order chi connectivity index (χ0) is 12.3. The quantitative estimate of drug-likeness (QED) is 0.810. The number of para-hydroxylation sites is 1. The first-order chi connectivity index (χ1) is 8.24. The number of phenols is 1. The number of benzene rings is 1. The van der Waals surface area contributed by atoms with Gasteiger partial charge in [-0.15, -0.1) is 6.58 Å². The molecule has 0 aromatic heterocycles. The molecule has 0 aliphatic carbocycles. The first-order valence-electron chi connectivity index (χ1n) is 5.78. The minimum atomic E-state index is 0.0239. The summed E-state index contributed by atoms with van der Waals surface area (Å²) in [4.78, 5) is 2.29. The van der Waals surface area contributed by atoms with Crippen LogP contribution >= 0.6 is 11.6 Å². The van der Waals surface area contributed by atoms with Gasteiger partial charge >= 0.3 is 0 Å². The number of piperazine rings is 1. The van der Waals surface area contributed by atoms with Crippen LogP contribution in [0.25, 0.3) is 0 Å². The van der Waals surface area contributed by atoms with Gasteiger partial charge in [0.25, 0.3) is 0 Å². The van der Waals surface area contributed by atoms with Gasteiger partial charge in [-0.25, -0.2) is 0 Å². The molecule has 1 aliphatic heterocycles. The minimum absolute atomic E-state index is 0.0239. The van der Waals surface area contributed by atoms with Crippen molar-refractivity contribution in [3.8, 4) is 5.75 Å². The number of nitrogens with one attached hydrogen (secondary N) is 1. The molecule has 17 heavy (non-hydrogen) atoms. The normalized spacial score (nSPS) is 18.9. The Hall–Kier alpha value is -1.03. The molecule has 92 valence electrons. The summed E-state index contributed by atoms with van der Waals surface area (Å²) in [6, 6.07) is 5.47. The molecule has 0 unspecified atom stereocenters. The van der Waals surface area contributed by atoms with Gasteiger partial charge < -0.3 is 10.4 Å². The van der Waals surface area contributed by atoms with Gasteiger partial charge in [0, 0.05) is 31.7 Å². The zero-order valence-electron chi connectivity index (χ0n) is 9.69. The Balaban J connectivity index is 2.27. The Morgan fingerprint density at radius 1 is 1.41 bits per heavy atom. The Bertz CT molecular complexity index is 402. The first-order valence-corrected chi connectivity index (χ1v) is 6.16. The fraction of sp³-hybridized carbons (Fsp3) is 0.385. The Labute approximate surface area is 107 Å². The molecule has 1 heterocycles. The lowest BCUT2D eigenvalue weighted by Gasteiger charge is -2.33. The van der Waals surface area contributed by atoms with Crippen LogP contribution in [0.2, 0.25) is 5.02 Å². The molecule has 0 bridgehead atoms. The number of rotatable bonds is 3. The van der Waals surface area contributed by atoms with Gasteiger partial charge in [-0.2, -0.15) is 0 Å². The second-order valence-electron chi connectivity index (χ2n) is 4.14. The first kappa shape index (κ1) is 12.4. The topological polar surface area (TPSA) is 35.5 Å². The summed E-state index contributed by atoms with van der Waals surface area (Å²) in [5, 5.41) is 13.7. The van der Waals surface area contributed by atoms with Crippen molar-refractivity contribution in [1.29, 1.82) is 0 Å². The third kappa shape index (κ3) is 2.63. The Morgan fingerprint density at radius 3 is 2.76 bits per heavy atom. The molecule has 4 heteroatoms. The molecule has 1 aliphatic rings. The number of hydrogen-bond acceptors (Lipinski definition) is 3. The number of aromatic hydroxyl groups is 1. The molecule has 0 radical (unpaired) electrons. The van der Waals surface area contributed by atoms with Crippen molar-refractivity contribution in [3.05, 3.63) is 41.4 Å². The molecule has 1 aromatic rings. The average Bonchev–Trinajstić information content (AvgIpc) is 2.37. The van der Waals surface area contributed by atoms with Gasteiger partial charge in [-0.3, -0.25) is 4.90 Å². The van der Waals surface area contributed by atoms with Crippen molar-refractivity contribution in [3.63, 3.8) is 0 Å². The lowest BCUT2D eigenvalue weighted by molar-refractivity contribution is 0.201. The van der Waals surface area contributed by atoms with Gasteiger partial charge in [-0.05, 0) is 6.07 Å². The highest BCUT2D eigenvalue weighted by atomic mass is 35.5. The lowest BCUT2D eigenvalue weighted by Crippen LogP contribution is -2.44. The number of hydrogen-bond donors (Lipinski definition) is 2. The third-order valence-corrected chi connectivity index (χ3v) is 3.41. The van der Waals surface area contributed by atoms with E-state index in [-0.39, 0.29) is 11.8 Å². The lowest BCUT2D eigenvalue weighted by atomic mass is 10.0. The van der Waals surface area contributed by atoms with E-state index in [4.69, 9.17) is 11.6 Å². The van der Waals surface area contributed by atoms with Crippen molar-refractivity contribution in [1.82, 2.24) is 10.2 Å². The van der Waals surface area contributed by atoms with E-state index in [9.17, 15) is 5.11 Å². The van der Waals surface area contributed by atoms with Crippen LogP contribution in [0.3, 0.4) is 0 Å². The van der Waals surface area contributed by atoms with Gasteiger partial charge in [0.05, 0.1) is 11.1 Å². The summed E-state index contributed by atoms with van der Waals surface area (Å²) in [5.74, 6) is 0.164. The molecular weight excluding hydrogens is 236 g/mol. The number of phenolic OH excluding ortho intramolecular Hbond substituents is 1. The molecule has 0 spiro atoms. The maximum absolute atomic E-state index is 10.0. The summed E-state index contributed by atoms with van der Waals surface area (Å²) in [5.41, 5.74) is 0.828. The molecule has 1 atom stereocenters. The summed E-state index contributed by atoms with van der Waals surface area (Å²) < 4.78 is 0. The molecule has 1 aromatic carbocycles. The second-order valence-corrected chi connectivity index (χ2v) is 4.55. The van der Waals surface area contributed by atoms with E-state index in [0.717, 1.165) is 31.7 Å². The Kier molecular flexibility index (Phi) is 4.05. The smallest absolute Gasteiger partial charge is 0.139 e. The highest BCUT2D eigenvalue weighted by Crippen LogP contribution is 2.34. The predicted molar refractivity (Wildman–Crippen MR) is 70.5 cm³/mol. The summed E-state index contributed by atoms with van der Waals surface area (Å²) >= 11 is 5.94. The summed E-state index contributed by atoms with van der Waals surface area (Å²) in [6.45, 7) is 7.69. The van der Waals surface area contributed by atoms with Crippen LogP contribution in [0.5, 0.6) is 5.75 Å². The zero-order valence-corrected chi connectivity index (χ0v) is 10.5. The van der Waals surface area contributed by atoms with Crippen LogP contribution in [0, 0.1) is 0 Å². The van der Waals surface area contributed by atoms with Crippen LogP contribution in [-0.2, 0) is 0 Å². The number of nitrogens with zero attached hydrogens (tertiary/aromatic N) is 1. The maximum atomic E-state index is 10.0. The van der Waals surface area contributed by atoms with E-state index >= 15 is 0 Å². The fourth-order valence-electron chi connectivity index (χ4n) is 2.20. The van der Waals surface area contributed by atoms with E-state index < -0.39 is 0 Å². The van der Waals surface area contributed by atoms with E-state index in [1.807, 2.05) is 18.2 Å². The largest absolute Gasteiger partial charge is 0.506 e. The summed E-state index contributed by atoms with van der Waals surface area (Å²) in [6.07, 6.45) is 1.86. The molecule has 3 nitrogen and oxygen atoms in total. The Morgan fingerprint density at radius 2 is 2.12 bits per heavy atom. The molecule has 1 saturated heterocycles. The van der Waals surface area contributed by atoms with E-state index in [2.05, 4.69) is 16.8 Å². The number of halogens is 1. The van der Waals surface area contributed by atoms with Crippen LogP contribution < -0.4 is 5.32 Å². The third-order valence-electron chi connectivity index (χ3n) is 3.10. The molecule has 2 rings (SSSR count). The van der Waals surface area contributed by atoms with Gasteiger partial charge in [0.2, 0.25) is 0 Å². The highest BCUT2D eigenvalue weighted by Gasteiger charge is 2.22. The highest BCUT2D eigenvalue weighted by molar-refractivity contribution is 6.32. The van der Waals surface area contributed by atoms with Crippen LogP contribution in [0.4, 0.5) is 0 Å². The molecular formula is C13H17ClN2O. The standard InChI is InChI=1S/C13H17ClN2O/c1-2-12(16-8-6-15-7-9-16)10-4-3-5-11(14)13(10)17/h2-5,12,15,17H,1,6-9H2/t12-/m0/s1. The fourth-order valence-corrected chi connectivity index (χ4v) is 2.39. The van der Waals surface area contributed by atoms with Crippen LogP contribution in [-0.4, -0.2) is 36.2 Å². The summed E-state index contributed by atoms with van der Waals surface area (Å²) in [7, 11) is 0.